The Hall–Kier alpha value is 0.0300. The summed E-state index contributed by atoms with van der Waals surface area (Å²) in [5.41, 5.74) is 0. The average Bonchev–Trinajstić information content (AvgIpc) is 2.78. The SMILES string of the molecule is CCCCCCCCCCCCCCCCOCCOP(=O)(O)OCC[N+]1(C)CCCCC1. The molecule has 1 heterocycles. The largest absolute Gasteiger partial charge is 0.472 e. The van der Waals surface area contributed by atoms with E-state index in [1.54, 1.807) is 0 Å². The standard InChI is InChI=1S/C26H54NO5P/c1-3-4-5-6-7-8-9-10-11-12-13-14-15-19-23-30-25-26-32-33(28,29)31-24-22-27(2)20-17-16-18-21-27/h3-26H2,1-2H3/p+1. The van der Waals surface area contributed by atoms with E-state index in [-0.39, 0.29) is 13.2 Å². The first kappa shape index (κ1) is 31.1. The lowest BCUT2D eigenvalue weighted by atomic mass is 10.0. The fraction of sp³-hybridized carbons (Fsp3) is 1.00. The van der Waals surface area contributed by atoms with Crippen molar-refractivity contribution >= 4 is 7.82 Å². The Balaban J connectivity index is 1.81. The number of likely N-dealkylation sites (tertiary alicyclic amines) is 1. The minimum Gasteiger partial charge on any atom is -0.379 e. The number of phosphoric acid groups is 1. The van der Waals surface area contributed by atoms with Crippen LogP contribution in [0.15, 0.2) is 0 Å². The van der Waals surface area contributed by atoms with Gasteiger partial charge in [-0.2, -0.15) is 0 Å². The van der Waals surface area contributed by atoms with E-state index in [1.165, 1.54) is 103 Å². The molecule has 1 N–H and O–H groups in total. The smallest absolute Gasteiger partial charge is 0.379 e. The quantitative estimate of drug-likeness (QED) is 0.0924. The highest BCUT2D eigenvalue weighted by Gasteiger charge is 2.27. The van der Waals surface area contributed by atoms with E-state index >= 15 is 0 Å². The van der Waals surface area contributed by atoms with Crippen molar-refractivity contribution in [2.45, 2.75) is 116 Å². The molecule has 0 amide bonds. The van der Waals surface area contributed by atoms with Crippen LogP contribution in [-0.2, 0) is 18.3 Å². The maximum Gasteiger partial charge on any atom is 0.472 e. The van der Waals surface area contributed by atoms with Crippen molar-refractivity contribution < 1.29 is 27.7 Å². The third kappa shape index (κ3) is 19.0. The minimum absolute atomic E-state index is 0.0957. The third-order valence-corrected chi connectivity index (χ3v) is 7.92. The second-order valence-electron chi connectivity index (χ2n) is 10.2. The Morgan fingerprint density at radius 1 is 0.667 bits per heavy atom. The second-order valence-corrected chi connectivity index (χ2v) is 11.6. The zero-order chi connectivity index (χ0) is 24.1. The lowest BCUT2D eigenvalue weighted by molar-refractivity contribution is -0.914. The summed E-state index contributed by atoms with van der Waals surface area (Å²) in [5.74, 6) is 0. The van der Waals surface area contributed by atoms with Crippen molar-refractivity contribution in [2.75, 3.05) is 53.1 Å². The van der Waals surface area contributed by atoms with Crippen molar-refractivity contribution in [3.05, 3.63) is 0 Å². The first-order valence-electron chi connectivity index (χ1n) is 14.0. The van der Waals surface area contributed by atoms with Crippen LogP contribution in [0.25, 0.3) is 0 Å². The van der Waals surface area contributed by atoms with E-state index in [0.29, 0.717) is 13.2 Å². The molecule has 0 bridgehead atoms. The van der Waals surface area contributed by atoms with Crippen LogP contribution in [0.1, 0.15) is 116 Å². The normalized spacial score (nSPS) is 17.8. The Bertz CT molecular complexity index is 485. The lowest BCUT2D eigenvalue weighted by Gasteiger charge is -2.37. The molecule has 0 saturated carbocycles. The minimum atomic E-state index is -3.97. The third-order valence-electron chi connectivity index (χ3n) is 6.91. The van der Waals surface area contributed by atoms with Gasteiger partial charge >= 0.3 is 7.82 Å². The fourth-order valence-corrected chi connectivity index (χ4v) is 5.32. The zero-order valence-corrected chi connectivity index (χ0v) is 22.8. The molecular formula is C26H55NO5P+. The molecule has 0 aliphatic carbocycles. The van der Waals surface area contributed by atoms with Crippen molar-refractivity contribution in [1.82, 2.24) is 0 Å². The van der Waals surface area contributed by atoms with Gasteiger partial charge in [0.05, 0.1) is 33.4 Å². The van der Waals surface area contributed by atoms with Gasteiger partial charge in [-0.3, -0.25) is 9.05 Å². The number of unbranched alkanes of at least 4 members (excludes halogenated alkanes) is 13. The highest BCUT2D eigenvalue weighted by Crippen LogP contribution is 2.42. The molecule has 1 aliphatic heterocycles. The van der Waals surface area contributed by atoms with Gasteiger partial charge in [-0.15, -0.1) is 0 Å². The number of hydrogen-bond donors (Lipinski definition) is 1. The van der Waals surface area contributed by atoms with Crippen molar-refractivity contribution in [1.29, 1.82) is 0 Å². The fourth-order valence-electron chi connectivity index (χ4n) is 4.63. The van der Waals surface area contributed by atoms with Gasteiger partial charge in [-0.1, -0.05) is 90.4 Å². The van der Waals surface area contributed by atoms with Gasteiger partial charge in [0.15, 0.2) is 0 Å². The molecule has 0 aromatic carbocycles. The number of ether oxygens (including phenoxy) is 1. The molecule has 33 heavy (non-hydrogen) atoms. The number of phosphoric ester groups is 1. The molecule has 6 nitrogen and oxygen atoms in total. The number of nitrogens with zero attached hydrogens (tertiary/aromatic N) is 1. The van der Waals surface area contributed by atoms with Crippen LogP contribution in [0.3, 0.4) is 0 Å². The van der Waals surface area contributed by atoms with Crippen LogP contribution in [0, 0.1) is 0 Å². The maximum atomic E-state index is 12.0. The van der Waals surface area contributed by atoms with E-state index in [4.69, 9.17) is 13.8 Å². The molecule has 1 atom stereocenters. The number of hydrogen-bond acceptors (Lipinski definition) is 4. The van der Waals surface area contributed by atoms with Gasteiger partial charge in [-0.25, -0.2) is 4.57 Å². The van der Waals surface area contributed by atoms with Crippen LogP contribution < -0.4 is 0 Å². The van der Waals surface area contributed by atoms with E-state index in [2.05, 4.69) is 14.0 Å². The average molecular weight is 493 g/mol. The summed E-state index contributed by atoms with van der Waals surface area (Å²) in [6.07, 6.45) is 22.5. The van der Waals surface area contributed by atoms with Crippen molar-refractivity contribution in [2.24, 2.45) is 0 Å². The molecule has 1 unspecified atom stereocenters. The Morgan fingerprint density at radius 3 is 1.70 bits per heavy atom. The number of rotatable bonds is 23. The van der Waals surface area contributed by atoms with E-state index in [0.717, 1.165) is 30.5 Å². The predicted octanol–water partition coefficient (Wildman–Crippen LogP) is 7.25. The van der Waals surface area contributed by atoms with Crippen LogP contribution in [-0.4, -0.2) is 62.5 Å². The molecule has 7 heteroatoms. The number of quaternary nitrogens is 1. The summed E-state index contributed by atoms with van der Waals surface area (Å²) in [4.78, 5) is 9.81. The van der Waals surface area contributed by atoms with E-state index in [9.17, 15) is 9.46 Å². The first-order valence-corrected chi connectivity index (χ1v) is 15.5. The van der Waals surface area contributed by atoms with Crippen LogP contribution >= 0.6 is 7.82 Å². The van der Waals surface area contributed by atoms with Gasteiger partial charge in [0, 0.05) is 6.61 Å². The van der Waals surface area contributed by atoms with E-state index in [1.807, 2.05) is 0 Å². The Labute approximate surface area is 205 Å². The molecule has 1 fully saturated rings. The van der Waals surface area contributed by atoms with E-state index < -0.39 is 7.82 Å². The van der Waals surface area contributed by atoms with Crippen molar-refractivity contribution in [3.8, 4) is 0 Å². The Morgan fingerprint density at radius 2 is 1.15 bits per heavy atom. The molecule has 1 aliphatic rings. The second kappa shape index (κ2) is 20.2. The lowest BCUT2D eigenvalue weighted by Crippen LogP contribution is -2.49. The topological polar surface area (TPSA) is 65.0 Å². The summed E-state index contributed by atoms with van der Waals surface area (Å²) in [6.45, 7) is 6.63. The molecular weight excluding hydrogens is 437 g/mol. The molecule has 1 rings (SSSR count). The molecule has 1 saturated heterocycles. The molecule has 0 aromatic rings. The van der Waals surface area contributed by atoms with Gasteiger partial charge in [0.25, 0.3) is 0 Å². The van der Waals surface area contributed by atoms with Crippen molar-refractivity contribution in [3.63, 3.8) is 0 Å². The summed E-state index contributed by atoms with van der Waals surface area (Å²) >= 11 is 0. The monoisotopic (exact) mass is 492 g/mol. The van der Waals surface area contributed by atoms with Gasteiger partial charge in [0.1, 0.15) is 13.2 Å². The van der Waals surface area contributed by atoms with Gasteiger partial charge < -0.3 is 14.1 Å². The number of piperidine rings is 1. The summed E-state index contributed by atoms with van der Waals surface area (Å²) < 4.78 is 28.6. The molecule has 0 spiro atoms. The highest BCUT2D eigenvalue weighted by atomic mass is 31.2. The van der Waals surface area contributed by atoms with Crippen LogP contribution in [0.4, 0.5) is 0 Å². The summed E-state index contributed by atoms with van der Waals surface area (Å²) in [7, 11) is -1.78. The number of likely N-dealkylation sites (N-methyl/N-ethyl adjacent to an activating group) is 1. The maximum absolute atomic E-state index is 12.0. The first-order chi connectivity index (χ1) is 16.0. The summed E-state index contributed by atoms with van der Waals surface area (Å²) in [6, 6.07) is 0. The molecule has 198 valence electrons. The highest BCUT2D eigenvalue weighted by molar-refractivity contribution is 7.47. The molecule has 0 radical (unpaired) electrons. The Kier molecular flexibility index (Phi) is 19.1. The molecule has 0 aromatic heterocycles. The van der Waals surface area contributed by atoms with Crippen LogP contribution in [0.2, 0.25) is 0 Å². The van der Waals surface area contributed by atoms with Crippen LogP contribution in [0.5, 0.6) is 0 Å². The zero-order valence-electron chi connectivity index (χ0n) is 21.9. The van der Waals surface area contributed by atoms with Gasteiger partial charge in [-0.05, 0) is 25.7 Å². The van der Waals surface area contributed by atoms with Gasteiger partial charge in [0.2, 0.25) is 0 Å². The summed E-state index contributed by atoms with van der Waals surface area (Å²) in [5, 5.41) is 0. The predicted molar refractivity (Wildman–Crippen MR) is 137 cm³/mol.